The van der Waals surface area contributed by atoms with Gasteiger partial charge in [-0.1, -0.05) is 34.7 Å². The summed E-state index contributed by atoms with van der Waals surface area (Å²) in [5, 5.41) is 10.6. The Hall–Kier alpha value is -1.87. The Labute approximate surface area is 225 Å². The molecule has 0 radical (unpaired) electrons. The predicted molar refractivity (Wildman–Crippen MR) is 147 cm³/mol. The van der Waals surface area contributed by atoms with Gasteiger partial charge in [-0.3, -0.25) is 14.5 Å². The molecule has 1 aromatic carbocycles. The topological polar surface area (TPSA) is 76.6 Å². The maximum atomic E-state index is 13.6. The molecule has 5 unspecified atom stereocenters. The van der Waals surface area contributed by atoms with Gasteiger partial charge in [0, 0.05) is 47.0 Å². The molecule has 36 heavy (non-hydrogen) atoms. The number of aromatic nitrogens is 1. The number of rotatable bonds is 4. The van der Waals surface area contributed by atoms with E-state index in [1.807, 2.05) is 18.0 Å². The number of aromatic amines is 1. The Balaban J connectivity index is 1.34. The van der Waals surface area contributed by atoms with Gasteiger partial charge in [0.2, 0.25) is 5.56 Å². The molecule has 1 saturated heterocycles. The van der Waals surface area contributed by atoms with E-state index in [2.05, 4.69) is 44.6 Å². The van der Waals surface area contributed by atoms with Crippen LogP contribution in [0.25, 0.3) is 0 Å². The number of fused-ring (bicyclic) bond motifs is 1. The summed E-state index contributed by atoms with van der Waals surface area (Å²) in [5.74, 6) is 1.44. The zero-order valence-corrected chi connectivity index (χ0v) is 22.9. The zero-order valence-electron chi connectivity index (χ0n) is 20.8. The summed E-state index contributed by atoms with van der Waals surface area (Å²) in [6.07, 6.45) is 8.20. The highest BCUT2D eigenvalue weighted by Gasteiger charge is 2.74. The highest BCUT2D eigenvalue weighted by molar-refractivity contribution is 14.1. The van der Waals surface area contributed by atoms with Crippen LogP contribution in [-0.2, 0) is 11.8 Å². The second-order valence-electron chi connectivity index (χ2n) is 12.1. The first-order valence-corrected chi connectivity index (χ1v) is 14.8. The van der Waals surface area contributed by atoms with Gasteiger partial charge >= 0.3 is 0 Å². The van der Waals surface area contributed by atoms with Crippen molar-refractivity contribution in [3.8, 4) is 5.75 Å². The van der Waals surface area contributed by atoms with E-state index >= 15 is 0 Å². The van der Waals surface area contributed by atoms with E-state index in [1.54, 1.807) is 12.1 Å². The van der Waals surface area contributed by atoms with Crippen molar-refractivity contribution in [1.29, 1.82) is 0 Å². The van der Waals surface area contributed by atoms with Gasteiger partial charge in [0.1, 0.15) is 11.4 Å². The summed E-state index contributed by atoms with van der Waals surface area (Å²) >= 11 is 2.69. The molecule has 2 heterocycles. The van der Waals surface area contributed by atoms with E-state index in [1.165, 1.54) is 43.0 Å². The number of carbonyl (C=O) groups excluding carboxylic acids is 1. The van der Waals surface area contributed by atoms with Crippen molar-refractivity contribution < 1.29 is 9.90 Å². The summed E-state index contributed by atoms with van der Waals surface area (Å²) in [5.41, 5.74) is 3.03. The molecule has 0 spiro atoms. The van der Waals surface area contributed by atoms with Crippen LogP contribution in [-0.4, -0.2) is 61.9 Å². The minimum atomic E-state index is -0.245. The van der Waals surface area contributed by atoms with Gasteiger partial charge in [-0.2, -0.15) is 0 Å². The molecule has 1 aliphatic heterocycles. The lowest BCUT2D eigenvalue weighted by Gasteiger charge is -2.67. The average molecular weight is 600 g/mol. The van der Waals surface area contributed by atoms with Gasteiger partial charge in [-0.15, -0.1) is 0 Å². The number of hydrogen-bond donors (Lipinski definition) is 2. The van der Waals surface area contributed by atoms with Gasteiger partial charge in [0.15, 0.2) is 0 Å². The Morgan fingerprint density at radius 1 is 1.22 bits per heavy atom. The lowest BCUT2D eigenvalue weighted by Crippen LogP contribution is -2.70. The maximum Gasteiger partial charge on any atom is 0.270 e. The Morgan fingerprint density at radius 2 is 2.06 bits per heavy atom. The number of H-pyrrole nitrogens is 1. The number of likely N-dealkylation sites (tertiary alicyclic amines) is 1. The third-order valence-corrected chi connectivity index (χ3v) is 11.8. The lowest BCUT2D eigenvalue weighted by molar-refractivity contribution is -0.104. The molecule has 1 amide bonds. The van der Waals surface area contributed by atoms with Crippen molar-refractivity contribution in [2.75, 3.05) is 20.1 Å². The number of aromatic hydroxyl groups is 1. The first kappa shape index (κ1) is 23.3. The number of nitrogens with one attached hydrogen (secondary N) is 1. The van der Waals surface area contributed by atoms with Crippen molar-refractivity contribution >= 4 is 28.5 Å². The lowest BCUT2D eigenvalue weighted by atomic mass is 9.43. The van der Waals surface area contributed by atoms with Crippen LogP contribution in [0.4, 0.5) is 0 Å². The Kier molecular flexibility index (Phi) is 5.21. The van der Waals surface area contributed by atoms with E-state index in [4.69, 9.17) is 0 Å². The molecule has 7 rings (SSSR count). The van der Waals surface area contributed by atoms with Crippen LogP contribution in [0.1, 0.15) is 60.1 Å². The van der Waals surface area contributed by atoms with E-state index in [-0.39, 0.29) is 28.3 Å². The number of nitrogens with zero attached hydrogens (tertiary/aromatic N) is 2. The molecule has 5 aliphatic rings. The van der Waals surface area contributed by atoms with Gasteiger partial charge in [-0.25, -0.2) is 0 Å². The highest BCUT2D eigenvalue weighted by Crippen LogP contribution is 2.73. The molecule has 2 aromatic rings. The van der Waals surface area contributed by atoms with E-state index in [0.717, 1.165) is 38.1 Å². The number of piperidine rings is 1. The molecular formula is C29H34IN3O3. The van der Waals surface area contributed by atoms with Crippen LogP contribution in [0.3, 0.4) is 0 Å². The quantitative estimate of drug-likeness (QED) is 0.410. The fourth-order valence-corrected chi connectivity index (χ4v) is 11.0. The van der Waals surface area contributed by atoms with Crippen LogP contribution in [0.5, 0.6) is 5.75 Å². The first-order chi connectivity index (χ1) is 17.3. The molecule has 3 saturated carbocycles. The van der Waals surface area contributed by atoms with Gasteiger partial charge < -0.3 is 15.0 Å². The first-order valence-electron chi connectivity index (χ1n) is 13.5. The second-order valence-corrected chi connectivity index (χ2v) is 13.7. The van der Waals surface area contributed by atoms with Crippen LogP contribution in [0, 0.1) is 17.3 Å². The third kappa shape index (κ3) is 3.11. The summed E-state index contributed by atoms with van der Waals surface area (Å²) in [4.78, 5) is 33.0. The summed E-state index contributed by atoms with van der Waals surface area (Å²) in [6, 6.07) is 11.5. The van der Waals surface area contributed by atoms with Crippen molar-refractivity contribution in [3.63, 3.8) is 0 Å². The number of benzene rings is 1. The maximum absolute atomic E-state index is 13.6. The molecule has 4 aliphatic carbocycles. The van der Waals surface area contributed by atoms with Crippen molar-refractivity contribution in [2.45, 2.75) is 66.4 Å². The van der Waals surface area contributed by atoms with Crippen LogP contribution >= 0.6 is 22.6 Å². The summed E-state index contributed by atoms with van der Waals surface area (Å²) < 4.78 is 0.455. The van der Waals surface area contributed by atoms with Gasteiger partial charge in [0.25, 0.3) is 5.91 Å². The number of hydrogen-bond acceptors (Lipinski definition) is 4. The number of halogens is 1. The van der Waals surface area contributed by atoms with Crippen LogP contribution < -0.4 is 5.56 Å². The minimum absolute atomic E-state index is 0.0303. The molecule has 190 valence electrons. The standard InChI is InChI=1S/C29H34IN3O3/c1-32(27(36)22-3-2-4-25(35)31-22)23-9-10-28-15-21(30)26(23)29(28)11-12-33(16-17-5-6-17)24(28)13-18-7-8-19(34)14-20(18)29/h2-4,7-8,14,17,21,23-24,26,34H,5-6,9-13,15-16H2,1H3,(H,31,35)/t21-,23?,24?,26?,28?,29?/m0/s1. The fourth-order valence-electron chi connectivity index (χ4n) is 9.09. The van der Waals surface area contributed by atoms with Crippen molar-refractivity contribution in [1.82, 2.24) is 14.8 Å². The number of phenols is 1. The molecule has 2 N–H and O–H groups in total. The van der Waals surface area contributed by atoms with Crippen molar-refractivity contribution in [2.24, 2.45) is 17.3 Å². The zero-order chi connectivity index (χ0) is 24.8. The Bertz CT molecular complexity index is 1290. The van der Waals surface area contributed by atoms with Crippen LogP contribution in [0.2, 0.25) is 0 Å². The smallest absolute Gasteiger partial charge is 0.270 e. The van der Waals surface area contributed by atoms with Crippen molar-refractivity contribution in [3.05, 3.63) is 63.6 Å². The normalized spacial score (nSPS) is 36.7. The number of alkyl halides is 1. The Morgan fingerprint density at radius 3 is 2.83 bits per heavy atom. The molecule has 4 fully saturated rings. The van der Waals surface area contributed by atoms with E-state index in [0.29, 0.717) is 27.3 Å². The third-order valence-electron chi connectivity index (χ3n) is 10.6. The van der Waals surface area contributed by atoms with E-state index < -0.39 is 0 Å². The number of pyridine rings is 1. The number of carbonyl (C=O) groups is 1. The second kappa shape index (κ2) is 8.06. The largest absolute Gasteiger partial charge is 0.508 e. The number of amides is 1. The van der Waals surface area contributed by atoms with Gasteiger partial charge in [0.05, 0.1) is 0 Å². The molecule has 6 atom stereocenters. The summed E-state index contributed by atoms with van der Waals surface area (Å²) in [6.45, 7) is 2.34. The van der Waals surface area contributed by atoms with E-state index in [9.17, 15) is 14.7 Å². The molecular weight excluding hydrogens is 565 g/mol. The fraction of sp³-hybridized carbons (Fsp3) is 0.586. The molecule has 7 heteroatoms. The number of phenolic OH excluding ortho intramolecular Hbond substituents is 1. The monoisotopic (exact) mass is 599 g/mol. The molecule has 4 bridgehead atoms. The molecule has 1 aromatic heterocycles. The van der Waals surface area contributed by atoms with Crippen LogP contribution in [0.15, 0.2) is 41.2 Å². The average Bonchev–Trinajstić information content (AvgIpc) is 3.65. The highest BCUT2D eigenvalue weighted by atomic mass is 127. The molecule has 6 nitrogen and oxygen atoms in total. The predicted octanol–water partition coefficient (Wildman–Crippen LogP) is 4.10. The van der Waals surface area contributed by atoms with Gasteiger partial charge in [-0.05, 0) is 92.1 Å². The SMILES string of the molecule is CN(C(=O)c1cccc(=O)[nH]1)C1CCC23C[C@H](I)C1C21CCN(CC2CC2)C3Cc2ccc(O)cc21. The summed E-state index contributed by atoms with van der Waals surface area (Å²) in [7, 11) is 1.93. The minimum Gasteiger partial charge on any atom is -0.508 e.